The fraction of sp³-hybridized carbons (Fsp3) is 0.286. The first-order chi connectivity index (χ1) is 9.97. The van der Waals surface area contributed by atoms with Crippen LogP contribution in [0.1, 0.15) is 27.9 Å². The first-order valence-corrected chi connectivity index (χ1v) is 6.30. The molecule has 21 heavy (non-hydrogen) atoms. The molecule has 0 fully saturated rings. The molecule has 7 heteroatoms. The molecule has 4 nitrogen and oxygen atoms in total. The van der Waals surface area contributed by atoms with E-state index in [-0.39, 0.29) is 5.56 Å². The van der Waals surface area contributed by atoms with E-state index in [9.17, 15) is 18.0 Å². The summed E-state index contributed by atoms with van der Waals surface area (Å²) in [6.45, 7) is 0.422. The number of alkyl halides is 3. The van der Waals surface area contributed by atoms with Gasteiger partial charge in [0.15, 0.2) is 0 Å². The molecular formula is C14H13F3N2O2. The molecule has 0 aliphatic carbocycles. The highest BCUT2D eigenvalue weighted by Gasteiger charge is 2.30. The van der Waals surface area contributed by atoms with Crippen molar-refractivity contribution in [2.45, 2.75) is 19.0 Å². The number of nitrogens with one attached hydrogen (secondary N) is 1. The van der Waals surface area contributed by atoms with Crippen molar-refractivity contribution < 1.29 is 22.5 Å². The highest BCUT2D eigenvalue weighted by Crippen LogP contribution is 2.29. The second-order valence-corrected chi connectivity index (χ2v) is 4.47. The molecule has 0 atom stereocenters. The van der Waals surface area contributed by atoms with Gasteiger partial charge in [-0.05, 0) is 37.1 Å². The molecule has 0 radical (unpaired) electrons. The van der Waals surface area contributed by atoms with Crippen LogP contribution in [0.3, 0.4) is 0 Å². The molecule has 0 spiro atoms. The molecule has 1 aromatic carbocycles. The number of carbonyl (C=O) groups excluding carboxylic acids is 1. The van der Waals surface area contributed by atoms with Gasteiger partial charge in [-0.15, -0.1) is 0 Å². The Hall–Kier alpha value is -2.31. The zero-order chi connectivity index (χ0) is 15.3. The van der Waals surface area contributed by atoms with E-state index in [1.54, 1.807) is 6.20 Å². The zero-order valence-electron chi connectivity index (χ0n) is 11.0. The number of amides is 1. The van der Waals surface area contributed by atoms with Crippen LogP contribution < -0.4 is 5.32 Å². The van der Waals surface area contributed by atoms with Gasteiger partial charge in [-0.1, -0.05) is 5.16 Å². The van der Waals surface area contributed by atoms with E-state index in [1.807, 2.05) is 0 Å². The van der Waals surface area contributed by atoms with Gasteiger partial charge in [0.2, 0.25) is 0 Å². The van der Waals surface area contributed by atoms with Crippen LogP contribution in [0.4, 0.5) is 13.2 Å². The quantitative estimate of drug-likeness (QED) is 0.863. The maximum atomic E-state index is 12.4. The summed E-state index contributed by atoms with van der Waals surface area (Å²) in [4.78, 5) is 11.7. The summed E-state index contributed by atoms with van der Waals surface area (Å²) in [5, 5.41) is 6.21. The predicted molar refractivity (Wildman–Crippen MR) is 68.6 cm³/mol. The number of hydrogen-bond donors (Lipinski definition) is 1. The Balaban J connectivity index is 1.80. The van der Waals surface area contributed by atoms with Gasteiger partial charge >= 0.3 is 6.18 Å². The number of benzene rings is 1. The van der Waals surface area contributed by atoms with Gasteiger partial charge in [-0.25, -0.2) is 0 Å². The van der Waals surface area contributed by atoms with Crippen LogP contribution in [0, 0.1) is 0 Å². The number of hydrogen-bond acceptors (Lipinski definition) is 3. The minimum atomic E-state index is -4.40. The van der Waals surface area contributed by atoms with E-state index in [0.29, 0.717) is 19.4 Å². The lowest BCUT2D eigenvalue weighted by Crippen LogP contribution is -2.24. The van der Waals surface area contributed by atoms with Crippen LogP contribution in [-0.4, -0.2) is 17.6 Å². The van der Waals surface area contributed by atoms with Gasteiger partial charge < -0.3 is 9.84 Å². The molecule has 0 aliphatic rings. The Morgan fingerprint density at radius 3 is 2.52 bits per heavy atom. The van der Waals surface area contributed by atoms with Gasteiger partial charge in [0.1, 0.15) is 6.26 Å². The normalized spacial score (nSPS) is 11.4. The van der Waals surface area contributed by atoms with Crippen LogP contribution in [-0.2, 0) is 12.6 Å². The standard InChI is InChI=1S/C14H13F3N2O2/c15-14(16,17)12-5-3-11(4-6-12)13(20)18-7-1-2-10-8-19-21-9-10/h3-6,8-9H,1-2,7H2,(H,18,20). The van der Waals surface area contributed by atoms with Crippen molar-refractivity contribution in [2.75, 3.05) is 6.54 Å². The van der Waals surface area contributed by atoms with Gasteiger partial charge in [0, 0.05) is 17.7 Å². The number of nitrogens with zero attached hydrogens (tertiary/aromatic N) is 1. The van der Waals surface area contributed by atoms with Crippen LogP contribution in [0.2, 0.25) is 0 Å². The Kier molecular flexibility index (Phi) is 4.62. The third-order valence-electron chi connectivity index (χ3n) is 2.89. The second kappa shape index (κ2) is 6.43. The van der Waals surface area contributed by atoms with Crippen molar-refractivity contribution in [2.24, 2.45) is 0 Å². The van der Waals surface area contributed by atoms with Crippen molar-refractivity contribution in [3.8, 4) is 0 Å². The van der Waals surface area contributed by atoms with Crippen LogP contribution in [0.15, 0.2) is 41.2 Å². The summed E-state index contributed by atoms with van der Waals surface area (Å²) in [5.74, 6) is -0.394. The first-order valence-electron chi connectivity index (χ1n) is 6.30. The first kappa shape index (κ1) is 15.1. The smallest absolute Gasteiger partial charge is 0.364 e. The summed E-state index contributed by atoms with van der Waals surface area (Å²) >= 11 is 0. The summed E-state index contributed by atoms with van der Waals surface area (Å²) in [5.41, 5.74) is 0.360. The molecule has 112 valence electrons. The third kappa shape index (κ3) is 4.34. The Labute approximate surface area is 118 Å². The van der Waals surface area contributed by atoms with Crippen molar-refractivity contribution in [3.63, 3.8) is 0 Å². The average Bonchev–Trinajstić information content (AvgIpc) is 2.96. The molecule has 1 aromatic heterocycles. The van der Waals surface area contributed by atoms with Crippen molar-refractivity contribution in [1.82, 2.24) is 10.5 Å². The summed E-state index contributed by atoms with van der Waals surface area (Å²) in [7, 11) is 0. The largest absolute Gasteiger partial charge is 0.416 e. The highest BCUT2D eigenvalue weighted by atomic mass is 19.4. The van der Waals surface area contributed by atoms with Gasteiger partial charge in [0.25, 0.3) is 5.91 Å². The topological polar surface area (TPSA) is 55.1 Å². The molecular weight excluding hydrogens is 285 g/mol. The molecule has 1 amide bonds. The maximum absolute atomic E-state index is 12.4. The van der Waals surface area contributed by atoms with Crippen molar-refractivity contribution in [1.29, 1.82) is 0 Å². The average molecular weight is 298 g/mol. The Bertz CT molecular complexity index is 577. The zero-order valence-corrected chi connectivity index (χ0v) is 11.0. The van der Waals surface area contributed by atoms with E-state index < -0.39 is 17.6 Å². The predicted octanol–water partition coefficient (Wildman–Crippen LogP) is 3.06. The second-order valence-electron chi connectivity index (χ2n) is 4.47. The minimum Gasteiger partial charge on any atom is -0.364 e. The Morgan fingerprint density at radius 2 is 1.95 bits per heavy atom. The SMILES string of the molecule is O=C(NCCCc1cnoc1)c1ccc(C(F)(F)F)cc1. The molecule has 1 heterocycles. The summed E-state index contributed by atoms with van der Waals surface area (Å²) in [6, 6.07) is 4.12. The molecule has 2 rings (SSSR count). The third-order valence-corrected chi connectivity index (χ3v) is 2.89. The van der Waals surface area contributed by atoms with Crippen LogP contribution in [0.25, 0.3) is 0 Å². The van der Waals surface area contributed by atoms with Crippen LogP contribution in [0.5, 0.6) is 0 Å². The van der Waals surface area contributed by atoms with Crippen molar-refractivity contribution >= 4 is 5.91 Å². The fourth-order valence-corrected chi connectivity index (χ4v) is 1.76. The lowest BCUT2D eigenvalue weighted by molar-refractivity contribution is -0.137. The fourth-order valence-electron chi connectivity index (χ4n) is 1.76. The highest BCUT2D eigenvalue weighted by molar-refractivity contribution is 5.94. The molecule has 0 aliphatic heterocycles. The molecule has 0 saturated heterocycles. The molecule has 0 bridgehead atoms. The lowest BCUT2D eigenvalue weighted by Gasteiger charge is -2.08. The molecule has 2 aromatic rings. The van der Waals surface area contributed by atoms with E-state index in [2.05, 4.69) is 15.0 Å². The molecule has 1 N–H and O–H groups in total. The Morgan fingerprint density at radius 1 is 1.24 bits per heavy atom. The monoisotopic (exact) mass is 298 g/mol. The van der Waals surface area contributed by atoms with Crippen molar-refractivity contribution in [3.05, 3.63) is 53.4 Å². The molecule has 0 saturated carbocycles. The van der Waals surface area contributed by atoms with E-state index in [4.69, 9.17) is 0 Å². The number of aromatic nitrogens is 1. The summed E-state index contributed by atoms with van der Waals surface area (Å²) < 4.78 is 41.8. The van der Waals surface area contributed by atoms with E-state index in [0.717, 1.165) is 29.8 Å². The van der Waals surface area contributed by atoms with Gasteiger partial charge in [0.05, 0.1) is 11.8 Å². The maximum Gasteiger partial charge on any atom is 0.416 e. The summed E-state index contributed by atoms with van der Waals surface area (Å²) in [6.07, 6.45) is 0.118. The van der Waals surface area contributed by atoms with Gasteiger partial charge in [-0.3, -0.25) is 4.79 Å². The van der Waals surface area contributed by atoms with E-state index in [1.165, 1.54) is 6.26 Å². The minimum absolute atomic E-state index is 0.202. The number of aryl methyl sites for hydroxylation is 1. The number of halogens is 3. The molecule has 0 unspecified atom stereocenters. The van der Waals surface area contributed by atoms with Crippen LogP contribution >= 0.6 is 0 Å². The number of rotatable bonds is 5. The number of carbonyl (C=O) groups is 1. The lowest BCUT2D eigenvalue weighted by atomic mass is 10.1. The van der Waals surface area contributed by atoms with Gasteiger partial charge in [-0.2, -0.15) is 13.2 Å². The van der Waals surface area contributed by atoms with E-state index >= 15 is 0 Å².